The smallest absolute Gasteiger partial charge is 0.0462 e. The molecule has 2 aromatic carbocycles. The summed E-state index contributed by atoms with van der Waals surface area (Å²) in [5.74, 6) is 0. The highest BCUT2D eigenvalue weighted by atomic mass is 14.7. The molecule has 2 N–H and O–H groups in total. The fourth-order valence-corrected chi connectivity index (χ4v) is 3.46. The van der Waals surface area contributed by atoms with Gasteiger partial charge in [-0.2, -0.15) is 0 Å². The summed E-state index contributed by atoms with van der Waals surface area (Å²) in [6.07, 6.45) is 0. The second kappa shape index (κ2) is 4.63. The summed E-state index contributed by atoms with van der Waals surface area (Å²) < 4.78 is 0. The van der Waals surface area contributed by atoms with Gasteiger partial charge >= 0.3 is 0 Å². The van der Waals surface area contributed by atoms with Gasteiger partial charge in [0.2, 0.25) is 0 Å². The third-order valence-electron chi connectivity index (χ3n) is 4.39. The van der Waals surface area contributed by atoms with E-state index in [9.17, 15) is 0 Å². The van der Waals surface area contributed by atoms with Crippen molar-refractivity contribution in [3.63, 3.8) is 0 Å². The van der Waals surface area contributed by atoms with Crippen LogP contribution >= 0.6 is 0 Å². The number of aromatic amines is 2. The molecule has 0 atom stereocenters. The predicted molar refractivity (Wildman–Crippen MR) is 94.2 cm³/mol. The van der Waals surface area contributed by atoms with Crippen LogP contribution in [0.1, 0.15) is 22.5 Å². The average Bonchev–Trinajstić information content (AvgIpc) is 3.01. The number of hydrogen-bond acceptors (Lipinski definition) is 0. The van der Waals surface area contributed by atoms with Crippen LogP contribution in [0.3, 0.4) is 0 Å². The van der Waals surface area contributed by atoms with E-state index in [0.717, 1.165) is 28.0 Å². The maximum Gasteiger partial charge on any atom is 0.0462 e. The Morgan fingerprint density at radius 2 is 1.14 bits per heavy atom. The summed E-state index contributed by atoms with van der Waals surface area (Å²) in [4.78, 5) is 6.93. The van der Waals surface area contributed by atoms with Crippen molar-refractivity contribution in [2.45, 2.75) is 13.8 Å². The Morgan fingerprint density at radius 1 is 0.727 bits per heavy atom. The topological polar surface area (TPSA) is 31.6 Å². The van der Waals surface area contributed by atoms with Gasteiger partial charge in [0, 0.05) is 44.3 Å². The third kappa shape index (κ3) is 1.74. The van der Waals surface area contributed by atoms with Crippen molar-refractivity contribution in [2.75, 3.05) is 0 Å². The number of benzene rings is 2. The monoisotopic (exact) mass is 286 g/mol. The first-order chi connectivity index (χ1) is 10.7. The third-order valence-corrected chi connectivity index (χ3v) is 4.39. The lowest BCUT2D eigenvalue weighted by Crippen LogP contribution is -1.89. The average molecular weight is 286 g/mol. The van der Waals surface area contributed by atoms with Gasteiger partial charge in [0.15, 0.2) is 0 Å². The lowest BCUT2D eigenvalue weighted by Gasteiger charge is -2.07. The minimum absolute atomic E-state index is 1.07. The number of hydrogen-bond donors (Lipinski definition) is 2. The number of aromatic nitrogens is 2. The van der Waals surface area contributed by atoms with E-state index in [-0.39, 0.29) is 0 Å². The van der Waals surface area contributed by atoms with Crippen LogP contribution in [0.15, 0.2) is 55.1 Å². The first-order valence-corrected chi connectivity index (χ1v) is 7.51. The fourth-order valence-electron chi connectivity index (χ4n) is 3.46. The van der Waals surface area contributed by atoms with Crippen molar-refractivity contribution < 1.29 is 0 Å². The first-order valence-electron chi connectivity index (χ1n) is 7.51. The number of nitrogens with one attached hydrogen (secondary N) is 2. The van der Waals surface area contributed by atoms with Gasteiger partial charge in [-0.15, -0.1) is 0 Å². The first kappa shape index (κ1) is 13.0. The summed E-state index contributed by atoms with van der Waals surface area (Å²) in [6.45, 7) is 8.65. The Labute approximate surface area is 129 Å². The van der Waals surface area contributed by atoms with E-state index in [4.69, 9.17) is 0 Å². The van der Waals surface area contributed by atoms with Crippen LogP contribution in [0.5, 0.6) is 0 Å². The van der Waals surface area contributed by atoms with E-state index in [2.05, 4.69) is 78.9 Å². The zero-order valence-electron chi connectivity index (χ0n) is 12.8. The molecule has 2 heterocycles. The van der Waals surface area contributed by atoms with Crippen molar-refractivity contribution >= 4 is 27.4 Å². The molecule has 4 aromatic rings. The number of rotatable bonds is 2. The molecule has 0 aliphatic carbocycles. The fraction of sp³-hybridized carbons (Fsp3) is 0.100. The van der Waals surface area contributed by atoms with Crippen LogP contribution in [-0.4, -0.2) is 9.97 Å². The van der Waals surface area contributed by atoms with Gasteiger partial charge in [0.05, 0.1) is 0 Å². The molecule has 0 saturated carbocycles. The molecule has 0 amide bonds. The van der Waals surface area contributed by atoms with E-state index in [1.807, 2.05) is 0 Å². The van der Waals surface area contributed by atoms with Gasteiger partial charge in [0.25, 0.3) is 0 Å². The van der Waals surface area contributed by atoms with Crippen molar-refractivity contribution in [1.82, 2.24) is 9.97 Å². The van der Waals surface area contributed by atoms with Crippen molar-refractivity contribution in [3.05, 3.63) is 77.6 Å². The predicted octanol–water partition coefficient (Wildman–Crippen LogP) is 5.33. The molecule has 2 aromatic heterocycles. The van der Waals surface area contributed by atoms with E-state index in [1.165, 1.54) is 21.9 Å². The SMILES string of the molecule is C=C(c1c(C)[nH]c2ccccc12)c1c(C)[nH]c2ccccc12. The summed E-state index contributed by atoms with van der Waals surface area (Å²) in [5, 5.41) is 2.46. The molecule has 0 bridgehead atoms. The van der Waals surface area contributed by atoms with Gasteiger partial charge in [-0.25, -0.2) is 0 Å². The quantitative estimate of drug-likeness (QED) is 0.499. The van der Waals surface area contributed by atoms with Crippen LogP contribution in [0.4, 0.5) is 0 Å². The summed E-state index contributed by atoms with van der Waals surface area (Å²) in [5.41, 5.74) is 8.14. The summed E-state index contributed by atoms with van der Waals surface area (Å²) in [6, 6.07) is 16.8. The molecule has 4 rings (SSSR count). The Balaban J connectivity index is 2.00. The molecule has 108 valence electrons. The number of aryl methyl sites for hydroxylation is 2. The van der Waals surface area contributed by atoms with Crippen molar-refractivity contribution in [2.24, 2.45) is 0 Å². The van der Waals surface area contributed by atoms with E-state index in [0.29, 0.717) is 0 Å². The van der Waals surface area contributed by atoms with Crippen molar-refractivity contribution in [3.8, 4) is 0 Å². The van der Waals surface area contributed by atoms with E-state index < -0.39 is 0 Å². The molecule has 0 fully saturated rings. The number of H-pyrrole nitrogens is 2. The van der Waals surface area contributed by atoms with Gasteiger partial charge in [0.1, 0.15) is 0 Å². The lowest BCUT2D eigenvalue weighted by atomic mass is 9.95. The standard InChI is InChI=1S/C20H18N2/c1-12(19-13(2)21-17-10-6-4-8-15(17)19)20-14(3)22-18-11-7-5-9-16(18)20/h4-11,21-22H,1H2,2-3H3. The molecule has 2 nitrogen and oxygen atoms in total. The van der Waals surface area contributed by atoms with Gasteiger partial charge < -0.3 is 9.97 Å². The van der Waals surface area contributed by atoms with Crippen LogP contribution in [0.25, 0.3) is 27.4 Å². The highest BCUT2D eigenvalue weighted by Gasteiger charge is 2.17. The molecular weight excluding hydrogens is 268 g/mol. The molecule has 0 radical (unpaired) electrons. The van der Waals surface area contributed by atoms with Gasteiger partial charge in [-0.05, 0) is 31.6 Å². The molecule has 0 aliphatic heterocycles. The number of para-hydroxylation sites is 2. The molecule has 0 unspecified atom stereocenters. The van der Waals surface area contributed by atoms with E-state index in [1.54, 1.807) is 0 Å². The van der Waals surface area contributed by atoms with Gasteiger partial charge in [-0.1, -0.05) is 43.0 Å². The van der Waals surface area contributed by atoms with Gasteiger partial charge in [-0.3, -0.25) is 0 Å². The van der Waals surface area contributed by atoms with Crippen LogP contribution < -0.4 is 0 Å². The molecule has 2 heteroatoms. The highest BCUT2D eigenvalue weighted by molar-refractivity contribution is 6.04. The Morgan fingerprint density at radius 3 is 1.59 bits per heavy atom. The maximum absolute atomic E-state index is 4.42. The van der Waals surface area contributed by atoms with Crippen LogP contribution in [0, 0.1) is 13.8 Å². The lowest BCUT2D eigenvalue weighted by molar-refractivity contribution is 1.27. The molecular formula is C20H18N2. The molecule has 22 heavy (non-hydrogen) atoms. The zero-order chi connectivity index (χ0) is 15.3. The Hall–Kier alpha value is -2.74. The molecule has 0 spiro atoms. The Bertz CT molecular complexity index is 933. The molecule has 0 aliphatic rings. The minimum atomic E-state index is 1.07. The summed E-state index contributed by atoms with van der Waals surface area (Å²) >= 11 is 0. The second-order valence-electron chi connectivity index (χ2n) is 5.82. The normalized spacial score (nSPS) is 11.4. The maximum atomic E-state index is 4.42. The minimum Gasteiger partial charge on any atom is -0.358 e. The Kier molecular flexibility index (Phi) is 2.73. The van der Waals surface area contributed by atoms with Crippen LogP contribution in [0.2, 0.25) is 0 Å². The summed E-state index contributed by atoms with van der Waals surface area (Å²) in [7, 11) is 0. The largest absolute Gasteiger partial charge is 0.358 e. The van der Waals surface area contributed by atoms with Crippen LogP contribution in [-0.2, 0) is 0 Å². The van der Waals surface area contributed by atoms with E-state index >= 15 is 0 Å². The molecule has 0 saturated heterocycles. The van der Waals surface area contributed by atoms with Crippen molar-refractivity contribution in [1.29, 1.82) is 0 Å². The second-order valence-corrected chi connectivity index (χ2v) is 5.82. The number of fused-ring (bicyclic) bond motifs is 2. The highest BCUT2D eigenvalue weighted by Crippen LogP contribution is 2.36. The zero-order valence-corrected chi connectivity index (χ0v) is 12.8.